The molecule has 86 valence electrons. The molecule has 2 rings (SSSR count). The third-order valence-electron chi connectivity index (χ3n) is 2.19. The number of hydrogen-bond acceptors (Lipinski definition) is 3. The molecule has 15 heavy (non-hydrogen) atoms. The maximum atomic E-state index is 12.8. The van der Waals surface area contributed by atoms with Gasteiger partial charge in [-0.2, -0.15) is 4.39 Å². The molecule has 1 aliphatic rings. The lowest BCUT2D eigenvalue weighted by atomic mass is 10.3. The minimum atomic E-state index is -0.406. The van der Waals surface area contributed by atoms with Gasteiger partial charge in [0.2, 0.25) is 5.95 Å². The molecule has 6 heteroatoms. The van der Waals surface area contributed by atoms with E-state index < -0.39 is 5.95 Å². The Hall–Kier alpha value is -0.580. The Morgan fingerprint density at radius 3 is 2.53 bits per heavy atom. The zero-order chi connectivity index (χ0) is 9.10. The molecule has 1 aromatic rings. The van der Waals surface area contributed by atoms with Crippen LogP contribution in [0.15, 0.2) is 18.3 Å². The Bertz CT molecular complexity index is 292. The van der Waals surface area contributed by atoms with Gasteiger partial charge in [0, 0.05) is 44.1 Å². The van der Waals surface area contributed by atoms with Crippen LogP contribution in [-0.2, 0) is 0 Å². The number of nitrogens with zero attached hydrogens (tertiary/aromatic N) is 2. The second-order valence-electron chi connectivity index (χ2n) is 3.07. The normalized spacial score (nSPS) is 15.1. The first-order chi connectivity index (χ1) is 6.36. The van der Waals surface area contributed by atoms with Gasteiger partial charge < -0.3 is 10.2 Å². The number of aromatic nitrogens is 1. The van der Waals surface area contributed by atoms with E-state index >= 15 is 0 Å². The van der Waals surface area contributed by atoms with Gasteiger partial charge in [-0.3, -0.25) is 0 Å². The van der Waals surface area contributed by atoms with Gasteiger partial charge in [-0.15, -0.1) is 24.8 Å². The van der Waals surface area contributed by atoms with E-state index in [-0.39, 0.29) is 24.8 Å². The van der Waals surface area contributed by atoms with E-state index in [1.807, 2.05) is 6.07 Å². The van der Waals surface area contributed by atoms with Crippen molar-refractivity contribution in [2.45, 2.75) is 0 Å². The van der Waals surface area contributed by atoms with Crippen LogP contribution in [0.3, 0.4) is 0 Å². The van der Waals surface area contributed by atoms with Crippen LogP contribution >= 0.6 is 24.8 Å². The summed E-state index contributed by atoms with van der Waals surface area (Å²) in [5.74, 6) is -0.406. The van der Waals surface area contributed by atoms with Crippen LogP contribution in [0.2, 0.25) is 0 Å². The summed E-state index contributed by atoms with van der Waals surface area (Å²) in [7, 11) is 0. The molecule has 1 N–H and O–H groups in total. The van der Waals surface area contributed by atoms with E-state index in [1.165, 1.54) is 12.3 Å². The minimum absolute atomic E-state index is 0. The van der Waals surface area contributed by atoms with Crippen molar-refractivity contribution in [3.63, 3.8) is 0 Å². The summed E-state index contributed by atoms with van der Waals surface area (Å²) in [6, 6.07) is 3.32. The second-order valence-corrected chi connectivity index (χ2v) is 3.07. The van der Waals surface area contributed by atoms with Crippen LogP contribution in [0.25, 0.3) is 0 Å². The van der Waals surface area contributed by atoms with E-state index in [0.29, 0.717) is 0 Å². The molecule has 3 nitrogen and oxygen atoms in total. The summed E-state index contributed by atoms with van der Waals surface area (Å²) in [5, 5.41) is 3.25. The van der Waals surface area contributed by atoms with Crippen molar-refractivity contribution in [1.82, 2.24) is 10.3 Å². The topological polar surface area (TPSA) is 28.2 Å². The third kappa shape index (κ3) is 3.81. The fraction of sp³-hybridized carbons (Fsp3) is 0.444. The van der Waals surface area contributed by atoms with Gasteiger partial charge in [-0.05, 0) is 6.07 Å². The molecule has 0 saturated carbocycles. The Kier molecular flexibility index (Phi) is 6.56. The fourth-order valence-corrected chi connectivity index (χ4v) is 1.51. The third-order valence-corrected chi connectivity index (χ3v) is 2.19. The average Bonchev–Trinajstić information content (AvgIpc) is 2.19. The lowest BCUT2D eigenvalue weighted by molar-refractivity contribution is 0.571. The van der Waals surface area contributed by atoms with Crippen LogP contribution in [0, 0.1) is 5.95 Å². The predicted molar refractivity (Wildman–Crippen MR) is 63.8 cm³/mol. The van der Waals surface area contributed by atoms with Gasteiger partial charge in [0.05, 0.1) is 0 Å². The van der Waals surface area contributed by atoms with Crippen molar-refractivity contribution in [1.29, 1.82) is 0 Å². The molecule has 2 heterocycles. The molecule has 1 fully saturated rings. The zero-order valence-corrected chi connectivity index (χ0v) is 9.78. The summed E-state index contributed by atoms with van der Waals surface area (Å²) < 4.78 is 12.8. The molecular weight excluding hydrogens is 240 g/mol. The van der Waals surface area contributed by atoms with Crippen LogP contribution in [-0.4, -0.2) is 31.2 Å². The zero-order valence-electron chi connectivity index (χ0n) is 8.15. The van der Waals surface area contributed by atoms with E-state index in [1.54, 1.807) is 0 Å². The van der Waals surface area contributed by atoms with E-state index in [0.717, 1.165) is 31.9 Å². The van der Waals surface area contributed by atoms with E-state index in [9.17, 15) is 4.39 Å². The van der Waals surface area contributed by atoms with Crippen molar-refractivity contribution in [3.05, 3.63) is 24.3 Å². The largest absolute Gasteiger partial charge is 0.369 e. The first kappa shape index (κ1) is 14.4. The SMILES string of the molecule is Cl.Cl.Fc1cc(N2CCNCC2)ccn1. The average molecular weight is 254 g/mol. The Balaban J connectivity index is 0.000000980. The van der Waals surface area contributed by atoms with Gasteiger partial charge in [0.25, 0.3) is 0 Å². The van der Waals surface area contributed by atoms with Crippen molar-refractivity contribution < 1.29 is 4.39 Å². The smallest absolute Gasteiger partial charge is 0.214 e. The highest BCUT2D eigenvalue weighted by atomic mass is 35.5. The second kappa shape index (κ2) is 6.82. The van der Waals surface area contributed by atoms with Gasteiger partial charge in [0.15, 0.2) is 0 Å². The highest BCUT2D eigenvalue weighted by Gasteiger charge is 2.10. The van der Waals surface area contributed by atoms with Crippen molar-refractivity contribution in [2.24, 2.45) is 0 Å². The molecular formula is C9H14Cl2FN3. The van der Waals surface area contributed by atoms with Crippen LogP contribution < -0.4 is 10.2 Å². The van der Waals surface area contributed by atoms with Crippen molar-refractivity contribution >= 4 is 30.5 Å². The quantitative estimate of drug-likeness (QED) is 0.769. The van der Waals surface area contributed by atoms with E-state index in [4.69, 9.17) is 0 Å². The molecule has 0 aliphatic carbocycles. The molecule has 0 amide bonds. The van der Waals surface area contributed by atoms with Gasteiger partial charge in [0.1, 0.15) is 0 Å². The van der Waals surface area contributed by atoms with Crippen LogP contribution in [0.1, 0.15) is 0 Å². The number of hydrogen-bond donors (Lipinski definition) is 1. The van der Waals surface area contributed by atoms with Crippen LogP contribution in [0.5, 0.6) is 0 Å². The number of halogens is 3. The Labute approximate surface area is 101 Å². The number of piperazine rings is 1. The maximum Gasteiger partial charge on any atom is 0.214 e. The molecule has 1 saturated heterocycles. The van der Waals surface area contributed by atoms with Gasteiger partial charge >= 0.3 is 0 Å². The molecule has 0 spiro atoms. The monoisotopic (exact) mass is 253 g/mol. The maximum absolute atomic E-state index is 12.8. The molecule has 0 atom stereocenters. The minimum Gasteiger partial charge on any atom is -0.369 e. The number of anilines is 1. The molecule has 1 aromatic heterocycles. The molecule has 1 aliphatic heterocycles. The Morgan fingerprint density at radius 2 is 1.93 bits per heavy atom. The lowest BCUT2D eigenvalue weighted by Gasteiger charge is -2.29. The van der Waals surface area contributed by atoms with Crippen LogP contribution in [0.4, 0.5) is 10.1 Å². The molecule has 0 aromatic carbocycles. The summed E-state index contributed by atoms with van der Waals surface area (Å²) in [5.41, 5.74) is 0.925. The number of pyridine rings is 1. The molecule has 0 radical (unpaired) electrons. The fourth-order valence-electron chi connectivity index (χ4n) is 1.51. The highest BCUT2D eigenvalue weighted by molar-refractivity contribution is 5.85. The van der Waals surface area contributed by atoms with Gasteiger partial charge in [-0.1, -0.05) is 0 Å². The summed E-state index contributed by atoms with van der Waals surface area (Å²) >= 11 is 0. The van der Waals surface area contributed by atoms with Crippen molar-refractivity contribution in [3.8, 4) is 0 Å². The molecule has 0 unspecified atom stereocenters. The number of nitrogens with one attached hydrogen (secondary N) is 1. The highest BCUT2D eigenvalue weighted by Crippen LogP contribution is 2.13. The first-order valence-corrected chi connectivity index (χ1v) is 4.43. The lowest BCUT2D eigenvalue weighted by Crippen LogP contribution is -2.43. The number of rotatable bonds is 1. The standard InChI is InChI=1S/C9H12FN3.2ClH/c10-9-7-8(1-2-12-9)13-5-3-11-4-6-13;;/h1-2,7,11H,3-6H2;2*1H. The Morgan fingerprint density at radius 1 is 1.27 bits per heavy atom. The summed E-state index contributed by atoms with van der Waals surface area (Å²) in [4.78, 5) is 5.68. The summed E-state index contributed by atoms with van der Waals surface area (Å²) in [6.45, 7) is 3.79. The first-order valence-electron chi connectivity index (χ1n) is 4.43. The summed E-state index contributed by atoms with van der Waals surface area (Å²) in [6.07, 6.45) is 1.51. The molecule has 0 bridgehead atoms. The van der Waals surface area contributed by atoms with E-state index in [2.05, 4.69) is 15.2 Å². The predicted octanol–water partition coefficient (Wildman–Crippen LogP) is 1.47. The van der Waals surface area contributed by atoms with Crippen molar-refractivity contribution in [2.75, 3.05) is 31.1 Å². The van der Waals surface area contributed by atoms with Gasteiger partial charge in [-0.25, -0.2) is 4.98 Å².